The minimum Gasteiger partial charge on any atom is -0.460 e. The molecule has 0 bridgehead atoms. The highest BCUT2D eigenvalue weighted by atomic mass is 32.2. The lowest BCUT2D eigenvalue weighted by Crippen LogP contribution is -2.16. The van der Waals surface area contributed by atoms with Crippen LogP contribution in [0.5, 0.6) is 0 Å². The van der Waals surface area contributed by atoms with E-state index in [-0.39, 0.29) is 0 Å². The summed E-state index contributed by atoms with van der Waals surface area (Å²) in [7, 11) is 1.83. The molecule has 2 heterocycles. The summed E-state index contributed by atoms with van der Waals surface area (Å²) in [6, 6.07) is 11.7. The van der Waals surface area contributed by atoms with Crippen molar-refractivity contribution in [2.24, 2.45) is 7.05 Å². The van der Waals surface area contributed by atoms with E-state index in [0.29, 0.717) is 6.54 Å². The van der Waals surface area contributed by atoms with Crippen molar-refractivity contribution in [2.75, 3.05) is 12.3 Å². The van der Waals surface area contributed by atoms with Crippen molar-refractivity contribution in [1.29, 1.82) is 0 Å². The molecule has 0 saturated carbocycles. The number of nitrogens with one attached hydrogen (secondary N) is 1. The Kier molecular flexibility index (Phi) is 5.85. The van der Waals surface area contributed by atoms with Gasteiger partial charge in [0.1, 0.15) is 11.5 Å². The summed E-state index contributed by atoms with van der Waals surface area (Å²) in [5.74, 6) is 2.59. The van der Waals surface area contributed by atoms with Crippen molar-refractivity contribution in [1.82, 2.24) is 25.5 Å². The Morgan fingerprint density at radius 1 is 1.24 bits per heavy atom. The van der Waals surface area contributed by atoms with Crippen LogP contribution >= 0.6 is 11.8 Å². The number of hydrogen-bond donors (Lipinski definition) is 2. The van der Waals surface area contributed by atoms with Crippen LogP contribution in [0.3, 0.4) is 0 Å². The lowest BCUT2D eigenvalue weighted by molar-refractivity contribution is 0.199. The van der Waals surface area contributed by atoms with Gasteiger partial charge in [-0.15, -0.1) is 5.10 Å². The van der Waals surface area contributed by atoms with Crippen LogP contribution < -0.4 is 5.32 Å². The number of aryl methyl sites for hydroxylation is 1. The number of tetrazole rings is 1. The topological polar surface area (TPSA) is 89.0 Å². The molecule has 1 atom stereocenters. The van der Waals surface area contributed by atoms with Gasteiger partial charge in [0, 0.05) is 24.9 Å². The number of hydrogen-bond acceptors (Lipinski definition) is 7. The fourth-order valence-electron chi connectivity index (χ4n) is 2.32. The zero-order valence-corrected chi connectivity index (χ0v) is 15.0. The highest BCUT2D eigenvalue weighted by Crippen LogP contribution is 2.24. The average molecular weight is 359 g/mol. The standard InChI is InChI=1S/C17H21N5O2S/c1-12(23)13-3-5-14(6-4-13)16-8-7-15(24-16)11-18-9-10-25-17-19-20-21-22(17)2/h3-8,12,18,23H,9-11H2,1-2H3. The van der Waals surface area contributed by atoms with Gasteiger partial charge in [-0.3, -0.25) is 0 Å². The third-order valence-electron chi connectivity index (χ3n) is 3.73. The van der Waals surface area contributed by atoms with Crippen LogP contribution in [0.25, 0.3) is 11.3 Å². The lowest BCUT2D eigenvalue weighted by atomic mass is 10.1. The first kappa shape index (κ1) is 17.7. The molecule has 7 nitrogen and oxygen atoms in total. The van der Waals surface area contributed by atoms with Gasteiger partial charge >= 0.3 is 0 Å². The van der Waals surface area contributed by atoms with E-state index in [4.69, 9.17) is 4.42 Å². The summed E-state index contributed by atoms with van der Waals surface area (Å²) in [6.45, 7) is 3.25. The smallest absolute Gasteiger partial charge is 0.209 e. The van der Waals surface area contributed by atoms with E-state index in [9.17, 15) is 5.11 Å². The minimum absolute atomic E-state index is 0.458. The molecule has 1 aromatic carbocycles. The maximum absolute atomic E-state index is 9.56. The van der Waals surface area contributed by atoms with Gasteiger partial charge in [-0.05, 0) is 35.0 Å². The quantitative estimate of drug-likeness (QED) is 0.471. The molecular weight excluding hydrogens is 338 g/mol. The lowest BCUT2D eigenvalue weighted by Gasteiger charge is -2.05. The minimum atomic E-state index is -0.458. The first-order chi connectivity index (χ1) is 12.1. The molecule has 0 spiro atoms. The Bertz CT molecular complexity index is 797. The van der Waals surface area contributed by atoms with Crippen LogP contribution in [0.15, 0.2) is 46.0 Å². The van der Waals surface area contributed by atoms with E-state index in [1.807, 2.05) is 43.4 Å². The maximum Gasteiger partial charge on any atom is 0.209 e. The predicted octanol–water partition coefficient (Wildman–Crippen LogP) is 2.41. The molecule has 25 heavy (non-hydrogen) atoms. The summed E-state index contributed by atoms with van der Waals surface area (Å²) in [4.78, 5) is 0. The number of nitrogens with zero attached hydrogens (tertiary/aromatic N) is 4. The number of rotatable bonds is 8. The molecule has 2 N–H and O–H groups in total. The van der Waals surface area contributed by atoms with Crippen molar-refractivity contribution >= 4 is 11.8 Å². The SMILES string of the molecule is CC(O)c1ccc(-c2ccc(CNCCSc3nnnn3C)o2)cc1. The summed E-state index contributed by atoms with van der Waals surface area (Å²) in [5.41, 5.74) is 1.90. The van der Waals surface area contributed by atoms with E-state index in [2.05, 4.69) is 20.8 Å². The molecule has 0 aliphatic heterocycles. The monoisotopic (exact) mass is 359 g/mol. The van der Waals surface area contributed by atoms with Gasteiger partial charge in [-0.2, -0.15) is 0 Å². The molecular formula is C17H21N5O2S. The molecule has 2 aromatic heterocycles. The zero-order valence-electron chi connectivity index (χ0n) is 14.2. The molecule has 8 heteroatoms. The van der Waals surface area contributed by atoms with Crippen molar-refractivity contribution in [3.8, 4) is 11.3 Å². The Balaban J connectivity index is 1.46. The normalized spacial score (nSPS) is 12.4. The van der Waals surface area contributed by atoms with E-state index in [1.54, 1.807) is 23.4 Å². The van der Waals surface area contributed by atoms with Crippen molar-refractivity contribution < 1.29 is 9.52 Å². The van der Waals surface area contributed by atoms with Crippen LogP contribution in [0.4, 0.5) is 0 Å². The third kappa shape index (κ3) is 4.68. The van der Waals surface area contributed by atoms with E-state index >= 15 is 0 Å². The highest BCUT2D eigenvalue weighted by Gasteiger charge is 2.07. The third-order valence-corrected chi connectivity index (χ3v) is 4.74. The summed E-state index contributed by atoms with van der Waals surface area (Å²) >= 11 is 1.61. The molecule has 0 radical (unpaired) electrons. The fraction of sp³-hybridized carbons (Fsp3) is 0.353. The van der Waals surface area contributed by atoms with Gasteiger partial charge in [0.15, 0.2) is 0 Å². The van der Waals surface area contributed by atoms with Gasteiger partial charge in [-0.1, -0.05) is 36.0 Å². The van der Waals surface area contributed by atoms with Gasteiger partial charge in [0.2, 0.25) is 5.16 Å². The second-order valence-corrected chi connectivity index (χ2v) is 6.74. The Morgan fingerprint density at radius 3 is 2.72 bits per heavy atom. The molecule has 0 fully saturated rings. The molecule has 3 aromatic rings. The number of aliphatic hydroxyl groups is 1. The Hall–Kier alpha value is -2.16. The zero-order chi connectivity index (χ0) is 17.6. The second kappa shape index (κ2) is 8.28. The molecule has 132 valence electrons. The molecule has 0 amide bonds. The largest absolute Gasteiger partial charge is 0.460 e. The second-order valence-electron chi connectivity index (χ2n) is 5.67. The van der Waals surface area contributed by atoms with Gasteiger partial charge < -0.3 is 14.8 Å². The van der Waals surface area contributed by atoms with Crippen LogP contribution in [-0.2, 0) is 13.6 Å². The summed E-state index contributed by atoms with van der Waals surface area (Å²) in [6.07, 6.45) is -0.458. The summed E-state index contributed by atoms with van der Waals surface area (Å²) < 4.78 is 7.53. The molecule has 3 rings (SSSR count). The molecule has 0 aliphatic carbocycles. The Labute approximate surface area is 150 Å². The molecule has 0 aliphatic rings. The Morgan fingerprint density at radius 2 is 2.04 bits per heavy atom. The number of aliphatic hydroxyl groups excluding tert-OH is 1. The van der Waals surface area contributed by atoms with Crippen molar-refractivity contribution in [3.05, 3.63) is 47.7 Å². The van der Waals surface area contributed by atoms with Crippen LogP contribution in [-0.4, -0.2) is 37.6 Å². The van der Waals surface area contributed by atoms with Gasteiger partial charge in [0.25, 0.3) is 0 Å². The van der Waals surface area contributed by atoms with Crippen molar-refractivity contribution in [2.45, 2.75) is 24.7 Å². The predicted molar refractivity (Wildman–Crippen MR) is 96.0 cm³/mol. The van der Waals surface area contributed by atoms with E-state index in [1.165, 1.54) is 0 Å². The van der Waals surface area contributed by atoms with Crippen molar-refractivity contribution in [3.63, 3.8) is 0 Å². The first-order valence-electron chi connectivity index (χ1n) is 8.06. The van der Waals surface area contributed by atoms with Gasteiger partial charge in [-0.25, -0.2) is 4.68 Å². The maximum atomic E-state index is 9.56. The van der Waals surface area contributed by atoms with Crippen LogP contribution in [0, 0.1) is 0 Å². The fourth-order valence-corrected chi connectivity index (χ4v) is 3.07. The first-order valence-corrected chi connectivity index (χ1v) is 9.05. The highest BCUT2D eigenvalue weighted by molar-refractivity contribution is 7.99. The van der Waals surface area contributed by atoms with E-state index in [0.717, 1.165) is 40.1 Å². The molecule has 0 saturated heterocycles. The number of furan rings is 1. The molecule has 1 unspecified atom stereocenters. The number of aromatic nitrogens is 4. The van der Waals surface area contributed by atoms with Crippen LogP contribution in [0.1, 0.15) is 24.4 Å². The van der Waals surface area contributed by atoms with Gasteiger partial charge in [0.05, 0.1) is 12.6 Å². The van der Waals surface area contributed by atoms with Crippen LogP contribution in [0.2, 0.25) is 0 Å². The van der Waals surface area contributed by atoms with E-state index < -0.39 is 6.10 Å². The number of benzene rings is 1. The summed E-state index contributed by atoms with van der Waals surface area (Å²) in [5, 5.41) is 25.0. The number of thioether (sulfide) groups is 1. The average Bonchev–Trinajstić information content (AvgIpc) is 3.24.